The van der Waals surface area contributed by atoms with E-state index in [0.717, 1.165) is 5.56 Å². The van der Waals surface area contributed by atoms with Crippen molar-refractivity contribution < 1.29 is 19.7 Å². The van der Waals surface area contributed by atoms with Crippen LogP contribution in [-0.2, 0) is 11.2 Å². The molecule has 0 aliphatic carbocycles. The first-order valence-electron chi connectivity index (χ1n) is 6.50. The van der Waals surface area contributed by atoms with E-state index in [1.807, 2.05) is 30.3 Å². The van der Waals surface area contributed by atoms with E-state index in [-0.39, 0.29) is 12.1 Å². The van der Waals surface area contributed by atoms with Gasteiger partial charge < -0.3 is 9.94 Å². The zero-order valence-corrected chi connectivity index (χ0v) is 11.5. The van der Waals surface area contributed by atoms with E-state index in [9.17, 15) is 20.0 Å². The maximum atomic E-state index is 11.2. The fourth-order valence-corrected chi connectivity index (χ4v) is 1.80. The van der Waals surface area contributed by atoms with Gasteiger partial charge in [-0.25, -0.2) is 0 Å². The number of nitro benzene ring substituents is 1. The highest BCUT2D eigenvalue weighted by atomic mass is 16.7. The molecule has 7 heteroatoms. The van der Waals surface area contributed by atoms with Gasteiger partial charge in [0.05, 0.1) is 4.92 Å². The number of benzene rings is 2. The molecule has 2 aromatic rings. The molecule has 0 bridgehead atoms. The first-order valence-corrected chi connectivity index (χ1v) is 6.50. The topological polar surface area (TPSA) is 102 Å². The minimum absolute atomic E-state index is 0.0635. The van der Waals surface area contributed by atoms with Crippen molar-refractivity contribution in [1.29, 1.82) is 0 Å². The van der Waals surface area contributed by atoms with Crippen LogP contribution in [0.1, 0.15) is 5.56 Å². The summed E-state index contributed by atoms with van der Waals surface area (Å²) in [7, 11) is 0. The van der Waals surface area contributed by atoms with Crippen molar-refractivity contribution in [3.8, 4) is 5.75 Å². The summed E-state index contributed by atoms with van der Waals surface area (Å²) >= 11 is 0. The quantitative estimate of drug-likeness (QED) is 0.600. The molecular weight excluding hydrogens is 288 g/mol. The molecule has 0 saturated carbocycles. The number of nitro groups is 1. The Morgan fingerprint density at radius 3 is 2.36 bits per heavy atom. The van der Waals surface area contributed by atoms with Crippen LogP contribution >= 0.6 is 0 Å². The SMILES string of the molecule is O=C(O)[C@H](Cc1ccccc1)NOc1ccc([N+](=O)[O-])cc1. The van der Waals surface area contributed by atoms with E-state index >= 15 is 0 Å². The van der Waals surface area contributed by atoms with Crippen LogP contribution in [0.25, 0.3) is 0 Å². The third kappa shape index (κ3) is 4.29. The van der Waals surface area contributed by atoms with Gasteiger partial charge in [-0.3, -0.25) is 14.9 Å². The molecule has 0 aliphatic heterocycles. The maximum Gasteiger partial charge on any atom is 0.324 e. The van der Waals surface area contributed by atoms with E-state index in [1.165, 1.54) is 24.3 Å². The monoisotopic (exact) mass is 302 g/mol. The summed E-state index contributed by atoms with van der Waals surface area (Å²) in [5.41, 5.74) is 3.26. The summed E-state index contributed by atoms with van der Waals surface area (Å²) in [6.45, 7) is 0. The standard InChI is InChI=1S/C15H14N2O5/c18-15(19)14(10-11-4-2-1-3-5-11)16-22-13-8-6-12(7-9-13)17(20)21/h1-9,14,16H,10H2,(H,18,19)/t14-/m0/s1. The highest BCUT2D eigenvalue weighted by Gasteiger charge is 2.18. The number of nitrogens with zero attached hydrogens (tertiary/aromatic N) is 1. The Balaban J connectivity index is 1.97. The molecule has 0 saturated heterocycles. The Morgan fingerprint density at radius 1 is 1.18 bits per heavy atom. The summed E-state index contributed by atoms with van der Waals surface area (Å²) in [5, 5.41) is 19.7. The lowest BCUT2D eigenvalue weighted by Crippen LogP contribution is -2.40. The smallest absolute Gasteiger partial charge is 0.324 e. The molecule has 114 valence electrons. The van der Waals surface area contributed by atoms with Crippen molar-refractivity contribution in [2.24, 2.45) is 0 Å². The minimum atomic E-state index is -1.05. The summed E-state index contributed by atoms with van der Waals surface area (Å²) in [4.78, 5) is 26.4. The number of hydrogen-bond acceptors (Lipinski definition) is 5. The average molecular weight is 302 g/mol. The predicted molar refractivity (Wildman–Crippen MR) is 78.4 cm³/mol. The number of non-ortho nitro benzene ring substituents is 1. The normalized spacial score (nSPS) is 11.6. The van der Waals surface area contributed by atoms with E-state index in [1.54, 1.807) is 0 Å². The molecule has 0 spiro atoms. The zero-order valence-electron chi connectivity index (χ0n) is 11.5. The van der Waals surface area contributed by atoms with Crippen LogP contribution in [0.2, 0.25) is 0 Å². The van der Waals surface area contributed by atoms with Crippen LogP contribution in [0.5, 0.6) is 5.75 Å². The summed E-state index contributed by atoms with van der Waals surface area (Å²) < 4.78 is 0. The van der Waals surface area contributed by atoms with Crippen LogP contribution in [0.4, 0.5) is 5.69 Å². The molecule has 2 aromatic carbocycles. The summed E-state index contributed by atoms with van der Waals surface area (Å²) in [6, 6.07) is 13.6. The van der Waals surface area contributed by atoms with Crippen LogP contribution in [0.3, 0.4) is 0 Å². The van der Waals surface area contributed by atoms with Gasteiger partial charge in [-0.2, -0.15) is 0 Å². The van der Waals surface area contributed by atoms with Crippen LogP contribution < -0.4 is 10.3 Å². The summed E-state index contributed by atoms with van der Waals surface area (Å²) in [5.74, 6) is -0.754. The van der Waals surface area contributed by atoms with Gasteiger partial charge >= 0.3 is 5.97 Å². The second kappa shape index (κ2) is 7.19. The molecule has 1 atom stereocenters. The second-order valence-corrected chi connectivity index (χ2v) is 4.55. The molecule has 2 N–H and O–H groups in total. The Kier molecular flexibility index (Phi) is 5.05. The molecule has 0 fully saturated rings. The number of rotatable bonds is 7. The highest BCUT2D eigenvalue weighted by Crippen LogP contribution is 2.16. The van der Waals surface area contributed by atoms with Crippen molar-refractivity contribution in [2.75, 3.05) is 0 Å². The molecule has 0 heterocycles. The van der Waals surface area contributed by atoms with Crippen molar-refractivity contribution in [3.63, 3.8) is 0 Å². The van der Waals surface area contributed by atoms with Gasteiger partial charge in [-0.1, -0.05) is 30.3 Å². The Labute approximate surface area is 126 Å². The third-order valence-electron chi connectivity index (χ3n) is 2.95. The van der Waals surface area contributed by atoms with Crippen LogP contribution in [0, 0.1) is 10.1 Å². The molecule has 0 amide bonds. The molecule has 0 aromatic heterocycles. The van der Waals surface area contributed by atoms with E-state index < -0.39 is 16.9 Å². The molecule has 0 unspecified atom stereocenters. The van der Waals surface area contributed by atoms with Crippen LogP contribution in [-0.4, -0.2) is 22.0 Å². The Bertz CT molecular complexity index is 643. The first kappa shape index (κ1) is 15.5. The number of aliphatic carboxylic acids is 1. The molecule has 0 radical (unpaired) electrons. The van der Waals surface area contributed by atoms with E-state index in [2.05, 4.69) is 5.48 Å². The Morgan fingerprint density at radius 2 is 1.82 bits per heavy atom. The van der Waals surface area contributed by atoms with E-state index in [4.69, 9.17) is 4.84 Å². The van der Waals surface area contributed by atoms with Crippen molar-refractivity contribution in [3.05, 3.63) is 70.3 Å². The van der Waals surface area contributed by atoms with Gasteiger partial charge in [0.2, 0.25) is 0 Å². The Hall–Kier alpha value is -2.93. The molecule has 0 aliphatic rings. The number of carboxylic acids is 1. The van der Waals surface area contributed by atoms with Gasteiger partial charge in [0.1, 0.15) is 11.8 Å². The lowest BCUT2D eigenvalue weighted by Gasteiger charge is -2.15. The lowest BCUT2D eigenvalue weighted by atomic mass is 10.1. The number of hydrogen-bond donors (Lipinski definition) is 2. The number of nitrogens with one attached hydrogen (secondary N) is 1. The summed E-state index contributed by atoms with van der Waals surface area (Å²) in [6.07, 6.45) is 0.253. The maximum absolute atomic E-state index is 11.2. The molecule has 7 nitrogen and oxygen atoms in total. The lowest BCUT2D eigenvalue weighted by molar-refractivity contribution is -0.384. The predicted octanol–water partition coefficient (Wildman–Crippen LogP) is 2.17. The zero-order chi connectivity index (χ0) is 15.9. The highest BCUT2D eigenvalue weighted by molar-refractivity contribution is 5.73. The van der Waals surface area contributed by atoms with Gasteiger partial charge in [0.15, 0.2) is 0 Å². The fourth-order valence-electron chi connectivity index (χ4n) is 1.80. The van der Waals surface area contributed by atoms with Crippen molar-refractivity contribution in [1.82, 2.24) is 5.48 Å². The number of carbonyl (C=O) groups is 1. The van der Waals surface area contributed by atoms with E-state index in [0.29, 0.717) is 5.75 Å². The number of hydroxylamine groups is 1. The number of carboxylic acid groups (broad SMARTS) is 1. The molecule has 22 heavy (non-hydrogen) atoms. The van der Waals surface area contributed by atoms with Crippen molar-refractivity contribution >= 4 is 11.7 Å². The average Bonchev–Trinajstić information content (AvgIpc) is 2.52. The van der Waals surface area contributed by atoms with Gasteiger partial charge in [0.25, 0.3) is 5.69 Å². The second-order valence-electron chi connectivity index (χ2n) is 4.55. The third-order valence-corrected chi connectivity index (χ3v) is 2.95. The minimum Gasteiger partial charge on any atom is -0.480 e. The van der Waals surface area contributed by atoms with Gasteiger partial charge in [-0.05, 0) is 17.7 Å². The van der Waals surface area contributed by atoms with Crippen molar-refractivity contribution in [2.45, 2.75) is 12.5 Å². The molecular formula is C15H14N2O5. The largest absolute Gasteiger partial charge is 0.480 e. The van der Waals surface area contributed by atoms with Gasteiger partial charge in [-0.15, -0.1) is 5.48 Å². The van der Waals surface area contributed by atoms with Gasteiger partial charge in [0, 0.05) is 18.6 Å². The van der Waals surface area contributed by atoms with Crippen LogP contribution in [0.15, 0.2) is 54.6 Å². The fraction of sp³-hybridized carbons (Fsp3) is 0.133. The molecule has 2 rings (SSSR count). The first-order chi connectivity index (χ1) is 10.6.